The number of likely N-dealkylation sites (tertiary alicyclic amines) is 2. The van der Waals surface area contributed by atoms with E-state index in [0.717, 1.165) is 12.8 Å². The van der Waals surface area contributed by atoms with Gasteiger partial charge in [-0.25, -0.2) is 0 Å². The van der Waals surface area contributed by atoms with Gasteiger partial charge in [-0.1, -0.05) is 25.9 Å². The van der Waals surface area contributed by atoms with Crippen LogP contribution in [0.15, 0.2) is 4.52 Å². The van der Waals surface area contributed by atoms with Gasteiger partial charge in [0.25, 0.3) is 0 Å². The van der Waals surface area contributed by atoms with Crippen molar-refractivity contribution in [2.75, 3.05) is 19.6 Å². The van der Waals surface area contributed by atoms with Gasteiger partial charge in [-0.3, -0.25) is 14.5 Å². The van der Waals surface area contributed by atoms with Crippen LogP contribution in [0.25, 0.3) is 0 Å². The van der Waals surface area contributed by atoms with Crippen molar-refractivity contribution in [3.8, 4) is 0 Å². The normalized spacial score (nSPS) is 23.5. The maximum atomic E-state index is 11.8. The summed E-state index contributed by atoms with van der Waals surface area (Å²) in [6.45, 7) is 10.0. The molecule has 1 N–H and O–H groups in total. The van der Waals surface area contributed by atoms with Crippen LogP contribution in [-0.4, -0.2) is 62.6 Å². The topological polar surface area (TPSA) is 99.8 Å². The van der Waals surface area contributed by atoms with E-state index in [9.17, 15) is 14.7 Å². The summed E-state index contributed by atoms with van der Waals surface area (Å²) in [7, 11) is 0. The highest BCUT2D eigenvalue weighted by atomic mass is 16.5. The van der Waals surface area contributed by atoms with Gasteiger partial charge in [-0.15, -0.1) is 0 Å². The molecule has 8 heteroatoms. The van der Waals surface area contributed by atoms with Crippen LogP contribution in [0, 0.1) is 5.41 Å². The number of hydrogen-bond acceptors (Lipinski definition) is 6. The first kappa shape index (κ1) is 18.8. The minimum Gasteiger partial charge on any atom is -0.480 e. The van der Waals surface area contributed by atoms with Crippen molar-refractivity contribution < 1.29 is 19.2 Å². The van der Waals surface area contributed by atoms with Crippen LogP contribution >= 0.6 is 0 Å². The molecule has 1 amide bonds. The lowest BCUT2D eigenvalue weighted by Crippen LogP contribution is -2.43. The van der Waals surface area contributed by atoms with Crippen LogP contribution in [0.4, 0.5) is 0 Å². The average molecular weight is 364 g/mol. The minimum absolute atomic E-state index is 0.0500. The van der Waals surface area contributed by atoms with Crippen LogP contribution in [0.1, 0.15) is 58.7 Å². The monoisotopic (exact) mass is 364 g/mol. The van der Waals surface area contributed by atoms with E-state index in [4.69, 9.17) is 4.52 Å². The molecule has 1 spiro atoms. The number of carbonyl (C=O) groups is 2. The molecule has 0 unspecified atom stereocenters. The highest BCUT2D eigenvalue weighted by Gasteiger charge is 2.48. The highest BCUT2D eigenvalue weighted by Crippen LogP contribution is 2.44. The molecule has 0 aliphatic carbocycles. The van der Waals surface area contributed by atoms with Crippen molar-refractivity contribution in [1.29, 1.82) is 0 Å². The van der Waals surface area contributed by atoms with E-state index < -0.39 is 12.0 Å². The van der Waals surface area contributed by atoms with Crippen LogP contribution in [0.2, 0.25) is 0 Å². The second-order valence-electron chi connectivity index (χ2n) is 8.73. The number of rotatable bonds is 3. The number of hydrogen-bond donors (Lipinski definition) is 1. The van der Waals surface area contributed by atoms with Crippen LogP contribution in [-0.2, 0) is 21.5 Å². The quantitative estimate of drug-likeness (QED) is 0.870. The molecule has 0 bridgehead atoms. The molecule has 0 radical (unpaired) electrons. The first-order valence-electron chi connectivity index (χ1n) is 9.15. The SMILES string of the molecule is CC(=O)N1CCC2(CC1)C[C@@H](C(=O)O)N(Cc1noc(C(C)(C)C)n1)C2. The van der Waals surface area contributed by atoms with Gasteiger partial charge >= 0.3 is 5.97 Å². The Labute approximate surface area is 153 Å². The summed E-state index contributed by atoms with van der Waals surface area (Å²) in [5.74, 6) is 0.365. The third kappa shape index (κ3) is 3.75. The van der Waals surface area contributed by atoms with E-state index in [2.05, 4.69) is 10.1 Å². The maximum Gasteiger partial charge on any atom is 0.320 e. The zero-order chi connectivity index (χ0) is 19.1. The number of aliphatic carboxylic acids is 1. The van der Waals surface area contributed by atoms with Crippen molar-refractivity contribution in [3.63, 3.8) is 0 Å². The number of carbonyl (C=O) groups excluding carboxylic acids is 1. The third-order valence-electron chi connectivity index (χ3n) is 5.61. The Bertz CT molecular complexity index is 686. The van der Waals surface area contributed by atoms with Crippen LogP contribution < -0.4 is 0 Å². The van der Waals surface area contributed by atoms with Crippen LogP contribution in [0.5, 0.6) is 0 Å². The molecule has 26 heavy (non-hydrogen) atoms. The lowest BCUT2D eigenvalue weighted by Gasteiger charge is -2.39. The molecule has 1 aromatic heterocycles. The number of carboxylic acids is 1. The van der Waals surface area contributed by atoms with E-state index in [1.54, 1.807) is 6.92 Å². The fourth-order valence-corrected chi connectivity index (χ4v) is 4.02. The number of aromatic nitrogens is 2. The van der Waals surface area contributed by atoms with Gasteiger partial charge in [-0.2, -0.15) is 4.98 Å². The minimum atomic E-state index is -0.810. The van der Waals surface area contributed by atoms with Gasteiger partial charge in [0.1, 0.15) is 6.04 Å². The summed E-state index contributed by atoms with van der Waals surface area (Å²) in [4.78, 5) is 31.6. The zero-order valence-electron chi connectivity index (χ0n) is 16.0. The predicted octanol–water partition coefficient (Wildman–Crippen LogP) is 1.65. The standard InChI is InChI=1S/C18H28N4O4/c1-12(23)21-7-5-18(6-8-21)9-13(15(24)25)22(11-18)10-14-19-16(26-20-14)17(2,3)4/h13H,5-11H2,1-4H3,(H,24,25)/t13-/m0/s1. The van der Waals surface area contributed by atoms with Gasteiger partial charge in [0.2, 0.25) is 11.8 Å². The molecule has 2 aliphatic heterocycles. The molecule has 144 valence electrons. The summed E-state index contributed by atoms with van der Waals surface area (Å²) < 4.78 is 5.33. The van der Waals surface area contributed by atoms with Gasteiger partial charge in [0.15, 0.2) is 5.82 Å². The summed E-state index contributed by atoms with van der Waals surface area (Å²) >= 11 is 0. The predicted molar refractivity (Wildman–Crippen MR) is 93.4 cm³/mol. The van der Waals surface area contributed by atoms with Gasteiger partial charge in [0.05, 0.1) is 6.54 Å². The Morgan fingerprint density at radius 2 is 1.96 bits per heavy atom. The second-order valence-corrected chi connectivity index (χ2v) is 8.73. The number of nitrogens with zero attached hydrogens (tertiary/aromatic N) is 4. The molecule has 3 rings (SSSR count). The van der Waals surface area contributed by atoms with E-state index in [1.807, 2.05) is 30.6 Å². The maximum absolute atomic E-state index is 11.8. The Morgan fingerprint density at radius 3 is 2.46 bits per heavy atom. The molecule has 2 aliphatic rings. The summed E-state index contributed by atoms with van der Waals surface area (Å²) in [6, 6.07) is -0.546. The fraction of sp³-hybridized carbons (Fsp3) is 0.778. The average Bonchev–Trinajstić information content (AvgIpc) is 3.13. The molecule has 1 atom stereocenters. The number of amides is 1. The highest BCUT2D eigenvalue weighted by molar-refractivity contribution is 5.74. The van der Waals surface area contributed by atoms with Gasteiger partial charge < -0.3 is 14.5 Å². The zero-order valence-corrected chi connectivity index (χ0v) is 16.0. The number of carboxylic acid groups (broad SMARTS) is 1. The van der Waals surface area contributed by atoms with Gasteiger partial charge in [-0.05, 0) is 24.7 Å². The smallest absolute Gasteiger partial charge is 0.320 e. The van der Waals surface area contributed by atoms with Crippen molar-refractivity contribution >= 4 is 11.9 Å². The molecule has 2 saturated heterocycles. The fourth-order valence-electron chi connectivity index (χ4n) is 4.02. The second kappa shape index (κ2) is 6.64. The van der Waals surface area contributed by atoms with Crippen molar-refractivity contribution in [2.24, 2.45) is 5.41 Å². The largest absolute Gasteiger partial charge is 0.480 e. The Hall–Kier alpha value is -1.96. The number of piperidine rings is 1. The molecular formula is C18H28N4O4. The van der Waals surface area contributed by atoms with Crippen LogP contribution in [0.3, 0.4) is 0 Å². The first-order valence-corrected chi connectivity index (χ1v) is 9.15. The summed E-state index contributed by atoms with van der Waals surface area (Å²) in [5, 5.41) is 13.7. The molecule has 8 nitrogen and oxygen atoms in total. The third-order valence-corrected chi connectivity index (χ3v) is 5.61. The van der Waals surface area contributed by atoms with E-state index >= 15 is 0 Å². The van der Waals surface area contributed by atoms with Crippen molar-refractivity contribution in [3.05, 3.63) is 11.7 Å². The van der Waals surface area contributed by atoms with Gasteiger partial charge in [0, 0.05) is 32.0 Å². The lowest BCUT2D eigenvalue weighted by molar-refractivity contribution is -0.142. The van der Waals surface area contributed by atoms with Crippen molar-refractivity contribution in [1.82, 2.24) is 19.9 Å². The molecule has 1 aromatic rings. The van der Waals surface area contributed by atoms with Crippen molar-refractivity contribution in [2.45, 2.75) is 65.0 Å². The molecule has 0 aromatic carbocycles. The Morgan fingerprint density at radius 1 is 1.31 bits per heavy atom. The lowest BCUT2D eigenvalue weighted by atomic mass is 9.76. The van der Waals surface area contributed by atoms with E-state index in [1.165, 1.54) is 0 Å². The first-order chi connectivity index (χ1) is 12.1. The summed E-state index contributed by atoms with van der Waals surface area (Å²) in [6.07, 6.45) is 2.29. The molecular weight excluding hydrogens is 336 g/mol. The Balaban J connectivity index is 1.71. The summed E-state index contributed by atoms with van der Waals surface area (Å²) in [5.41, 5.74) is -0.283. The molecule has 0 saturated carbocycles. The van der Waals surface area contributed by atoms with E-state index in [0.29, 0.717) is 44.3 Å². The molecule has 2 fully saturated rings. The molecule has 3 heterocycles. The Kier molecular flexibility index (Phi) is 4.81. The van der Waals surface area contributed by atoms with E-state index in [-0.39, 0.29) is 16.7 Å².